The number of ether oxygens (including phenoxy) is 1. The minimum absolute atomic E-state index is 0.196. The summed E-state index contributed by atoms with van der Waals surface area (Å²) in [6.07, 6.45) is 0.811. The zero-order valence-electron chi connectivity index (χ0n) is 16.5. The minimum atomic E-state index is -0.456. The van der Waals surface area contributed by atoms with Crippen molar-refractivity contribution in [2.75, 3.05) is 17.7 Å². The van der Waals surface area contributed by atoms with E-state index >= 15 is 0 Å². The number of hydrogen-bond donors (Lipinski definition) is 2. The average Bonchev–Trinajstić information content (AvgIpc) is 2.75. The van der Waals surface area contributed by atoms with E-state index in [1.165, 1.54) is 7.11 Å². The van der Waals surface area contributed by atoms with Gasteiger partial charge in [0.15, 0.2) is 11.5 Å². The Kier molecular flexibility index (Phi) is 6.19. The Labute approximate surface area is 169 Å². The summed E-state index contributed by atoms with van der Waals surface area (Å²) >= 11 is 0. The third-order valence-electron chi connectivity index (χ3n) is 4.47. The van der Waals surface area contributed by atoms with Crippen LogP contribution in [0.25, 0.3) is 0 Å². The van der Waals surface area contributed by atoms with Crippen LogP contribution in [0.3, 0.4) is 0 Å². The van der Waals surface area contributed by atoms with Crippen LogP contribution in [0.5, 0.6) is 0 Å². The summed E-state index contributed by atoms with van der Waals surface area (Å²) in [5.41, 5.74) is 3.97. The normalized spacial score (nSPS) is 10.3. The van der Waals surface area contributed by atoms with Gasteiger partial charge in [-0.15, -0.1) is 10.2 Å². The van der Waals surface area contributed by atoms with Crippen molar-refractivity contribution in [2.45, 2.75) is 20.3 Å². The van der Waals surface area contributed by atoms with E-state index in [0.29, 0.717) is 17.1 Å². The number of carbonyl (C=O) groups excluding carboxylic acids is 2. The van der Waals surface area contributed by atoms with Gasteiger partial charge in [0.2, 0.25) is 0 Å². The largest absolute Gasteiger partial charge is 0.465 e. The molecule has 3 rings (SSSR count). The van der Waals surface area contributed by atoms with Gasteiger partial charge in [0.25, 0.3) is 5.91 Å². The van der Waals surface area contributed by atoms with Gasteiger partial charge in [-0.25, -0.2) is 4.79 Å². The molecule has 0 radical (unpaired) electrons. The van der Waals surface area contributed by atoms with Crippen molar-refractivity contribution in [3.8, 4) is 0 Å². The highest BCUT2D eigenvalue weighted by Crippen LogP contribution is 2.22. The highest BCUT2D eigenvalue weighted by Gasteiger charge is 2.14. The summed E-state index contributed by atoms with van der Waals surface area (Å²) in [5.74, 6) is -0.381. The maximum atomic E-state index is 12.6. The van der Waals surface area contributed by atoms with E-state index in [0.717, 1.165) is 23.2 Å². The van der Waals surface area contributed by atoms with E-state index in [1.807, 2.05) is 32.0 Å². The first-order valence-electron chi connectivity index (χ1n) is 9.21. The van der Waals surface area contributed by atoms with Crippen LogP contribution in [0.2, 0.25) is 0 Å². The molecule has 3 aromatic rings. The number of benzene rings is 2. The van der Waals surface area contributed by atoms with Crippen molar-refractivity contribution in [3.05, 3.63) is 77.0 Å². The Morgan fingerprint density at radius 3 is 2.48 bits per heavy atom. The van der Waals surface area contributed by atoms with Gasteiger partial charge in [-0.2, -0.15) is 0 Å². The fraction of sp³-hybridized carbons (Fsp3) is 0.182. The van der Waals surface area contributed by atoms with Crippen molar-refractivity contribution in [3.63, 3.8) is 0 Å². The highest BCUT2D eigenvalue weighted by molar-refractivity contribution is 6.03. The number of aryl methyl sites for hydroxylation is 2. The van der Waals surface area contributed by atoms with Gasteiger partial charge in [0.1, 0.15) is 0 Å². The van der Waals surface area contributed by atoms with E-state index in [2.05, 4.69) is 20.8 Å². The molecule has 1 aromatic heterocycles. The zero-order valence-corrected chi connectivity index (χ0v) is 16.5. The van der Waals surface area contributed by atoms with Crippen LogP contribution in [-0.4, -0.2) is 29.2 Å². The molecule has 0 aliphatic carbocycles. The summed E-state index contributed by atoms with van der Waals surface area (Å²) in [6.45, 7) is 3.99. The predicted molar refractivity (Wildman–Crippen MR) is 112 cm³/mol. The first kappa shape index (κ1) is 20.0. The molecule has 148 valence electrons. The fourth-order valence-corrected chi connectivity index (χ4v) is 2.92. The molecule has 2 N–H and O–H groups in total. The molecule has 0 saturated carbocycles. The maximum absolute atomic E-state index is 12.6. The van der Waals surface area contributed by atoms with Gasteiger partial charge in [-0.1, -0.05) is 37.3 Å². The molecular formula is C22H22N4O3. The van der Waals surface area contributed by atoms with Crippen LogP contribution in [0, 0.1) is 6.92 Å². The third-order valence-corrected chi connectivity index (χ3v) is 4.47. The third kappa shape index (κ3) is 4.57. The highest BCUT2D eigenvalue weighted by atomic mass is 16.5. The Bertz CT molecular complexity index is 1030. The number of carbonyl (C=O) groups is 2. The standard InChI is InChI=1S/C22H22N4O3/c1-4-15-9-7-8-14(2)20(15)24-21(27)18-12-13-19(26-25-18)23-17-11-6-5-10-16(17)22(28)29-3/h5-13H,4H2,1-3H3,(H,23,26)(H,24,27). The lowest BCUT2D eigenvalue weighted by Gasteiger charge is -2.13. The van der Waals surface area contributed by atoms with Gasteiger partial charge < -0.3 is 15.4 Å². The molecule has 7 nitrogen and oxygen atoms in total. The van der Waals surface area contributed by atoms with E-state index in [1.54, 1.807) is 36.4 Å². The molecule has 7 heteroatoms. The number of rotatable bonds is 6. The van der Waals surface area contributed by atoms with Crippen LogP contribution in [0.4, 0.5) is 17.2 Å². The molecule has 0 bridgehead atoms. The van der Waals surface area contributed by atoms with Crippen LogP contribution in [0.1, 0.15) is 38.9 Å². The molecule has 0 atom stereocenters. The molecular weight excluding hydrogens is 368 g/mol. The van der Waals surface area contributed by atoms with Gasteiger partial charge in [-0.05, 0) is 48.7 Å². The Hall–Kier alpha value is -3.74. The molecule has 0 aliphatic heterocycles. The lowest BCUT2D eigenvalue weighted by atomic mass is 10.1. The molecule has 0 aliphatic rings. The second-order valence-electron chi connectivity index (χ2n) is 6.38. The number of amides is 1. The number of nitrogens with one attached hydrogen (secondary N) is 2. The first-order chi connectivity index (χ1) is 14.0. The smallest absolute Gasteiger partial charge is 0.339 e. The molecule has 29 heavy (non-hydrogen) atoms. The van der Waals surface area contributed by atoms with E-state index in [4.69, 9.17) is 4.74 Å². The molecule has 0 unspecified atom stereocenters. The van der Waals surface area contributed by atoms with Gasteiger partial charge in [0.05, 0.1) is 18.4 Å². The number of nitrogens with zero attached hydrogens (tertiary/aromatic N) is 2. The summed E-state index contributed by atoms with van der Waals surface area (Å²) in [6, 6.07) is 16.0. The molecule has 1 amide bonds. The van der Waals surface area contributed by atoms with Gasteiger partial charge >= 0.3 is 5.97 Å². The van der Waals surface area contributed by atoms with Crippen molar-refractivity contribution in [2.24, 2.45) is 0 Å². The fourth-order valence-electron chi connectivity index (χ4n) is 2.92. The summed E-state index contributed by atoms with van der Waals surface area (Å²) in [5, 5.41) is 14.0. The summed E-state index contributed by atoms with van der Waals surface area (Å²) in [7, 11) is 1.32. The number of esters is 1. The number of anilines is 3. The van der Waals surface area contributed by atoms with Crippen molar-refractivity contribution in [1.29, 1.82) is 0 Å². The van der Waals surface area contributed by atoms with Gasteiger partial charge in [0, 0.05) is 5.69 Å². The summed E-state index contributed by atoms with van der Waals surface area (Å²) < 4.78 is 4.78. The quantitative estimate of drug-likeness (QED) is 0.615. The van der Waals surface area contributed by atoms with Crippen molar-refractivity contribution in [1.82, 2.24) is 10.2 Å². The Balaban J connectivity index is 1.76. The predicted octanol–water partition coefficient (Wildman–Crippen LogP) is 4.13. The van der Waals surface area contributed by atoms with Crippen molar-refractivity contribution >= 4 is 29.1 Å². The second-order valence-corrected chi connectivity index (χ2v) is 6.38. The van der Waals surface area contributed by atoms with Crippen LogP contribution in [-0.2, 0) is 11.2 Å². The molecule has 2 aromatic carbocycles. The number of methoxy groups -OCH3 is 1. The number of hydrogen-bond acceptors (Lipinski definition) is 6. The van der Waals surface area contributed by atoms with Crippen LogP contribution < -0.4 is 10.6 Å². The monoisotopic (exact) mass is 390 g/mol. The van der Waals surface area contributed by atoms with Crippen LogP contribution in [0.15, 0.2) is 54.6 Å². The first-order valence-corrected chi connectivity index (χ1v) is 9.21. The Morgan fingerprint density at radius 2 is 1.79 bits per heavy atom. The lowest BCUT2D eigenvalue weighted by molar-refractivity contribution is 0.0601. The zero-order chi connectivity index (χ0) is 20.8. The van der Waals surface area contributed by atoms with Crippen LogP contribution >= 0.6 is 0 Å². The molecule has 0 saturated heterocycles. The Morgan fingerprint density at radius 1 is 1.00 bits per heavy atom. The maximum Gasteiger partial charge on any atom is 0.339 e. The SMILES string of the molecule is CCc1cccc(C)c1NC(=O)c1ccc(Nc2ccccc2C(=O)OC)nn1. The second kappa shape index (κ2) is 8.97. The topological polar surface area (TPSA) is 93.2 Å². The molecule has 0 fully saturated rings. The van der Waals surface area contributed by atoms with E-state index < -0.39 is 5.97 Å². The number of aromatic nitrogens is 2. The molecule has 0 spiro atoms. The van der Waals surface area contributed by atoms with E-state index in [9.17, 15) is 9.59 Å². The number of para-hydroxylation sites is 2. The van der Waals surface area contributed by atoms with Crippen molar-refractivity contribution < 1.29 is 14.3 Å². The molecule has 1 heterocycles. The van der Waals surface area contributed by atoms with E-state index in [-0.39, 0.29) is 11.6 Å². The van der Waals surface area contributed by atoms with Gasteiger partial charge in [-0.3, -0.25) is 4.79 Å². The summed E-state index contributed by atoms with van der Waals surface area (Å²) in [4.78, 5) is 24.5. The minimum Gasteiger partial charge on any atom is -0.465 e. The lowest BCUT2D eigenvalue weighted by Crippen LogP contribution is -2.16. The average molecular weight is 390 g/mol.